The zero-order valence-corrected chi connectivity index (χ0v) is 5.47. The third-order valence-corrected chi connectivity index (χ3v) is 3.30. The Morgan fingerprint density at radius 3 is 3.00 bits per heavy atom. The van der Waals surface area contributed by atoms with E-state index in [1.807, 2.05) is 0 Å². The summed E-state index contributed by atoms with van der Waals surface area (Å²) in [5.74, 6) is 1.08. The van der Waals surface area contributed by atoms with Gasteiger partial charge in [0.25, 0.3) is 0 Å². The lowest BCUT2D eigenvalue weighted by atomic mass is 10.5. The van der Waals surface area contributed by atoms with Crippen molar-refractivity contribution in [2.45, 2.75) is 5.25 Å². The molecular weight excluding hydrogens is 128 g/mol. The van der Waals surface area contributed by atoms with Crippen LogP contribution in [0.5, 0.6) is 0 Å². The van der Waals surface area contributed by atoms with E-state index in [1.165, 1.54) is 0 Å². The summed E-state index contributed by atoms with van der Waals surface area (Å²) >= 11 is 3.52. The van der Waals surface area contributed by atoms with Gasteiger partial charge in [0.2, 0.25) is 0 Å². The second-order valence-electron chi connectivity index (χ2n) is 1.37. The molecule has 7 heavy (non-hydrogen) atoms. The minimum absolute atomic E-state index is 0.328. The SMILES string of the molecule is OCC1CS[CH]S1. The summed E-state index contributed by atoms with van der Waals surface area (Å²) < 4.78 is 0. The standard InChI is InChI=1S/C4H7OS2/c5-1-4-2-6-3-7-4/h3-5H,1-2H2. The number of thioether (sulfide) groups is 2. The molecule has 0 aromatic heterocycles. The van der Waals surface area contributed by atoms with Crippen LogP contribution in [-0.2, 0) is 0 Å². The van der Waals surface area contributed by atoms with Gasteiger partial charge in [-0.2, -0.15) is 0 Å². The lowest BCUT2D eigenvalue weighted by Crippen LogP contribution is -2.05. The molecular formula is C4H7OS2. The molecule has 0 saturated carbocycles. The highest BCUT2D eigenvalue weighted by molar-refractivity contribution is 8.22. The largest absolute Gasteiger partial charge is 0.395 e. The zero-order chi connectivity index (χ0) is 5.11. The third kappa shape index (κ3) is 1.55. The topological polar surface area (TPSA) is 20.2 Å². The van der Waals surface area contributed by atoms with Crippen molar-refractivity contribution in [3.8, 4) is 0 Å². The second-order valence-corrected chi connectivity index (χ2v) is 3.75. The van der Waals surface area contributed by atoms with Gasteiger partial charge in [-0.25, -0.2) is 0 Å². The molecule has 0 aromatic rings. The predicted octanol–water partition coefficient (Wildman–Crippen LogP) is 0.947. The Morgan fingerprint density at radius 1 is 1.86 bits per heavy atom. The van der Waals surface area contributed by atoms with Crippen molar-refractivity contribution >= 4 is 23.5 Å². The first kappa shape index (κ1) is 5.79. The van der Waals surface area contributed by atoms with Crippen LogP contribution < -0.4 is 0 Å². The third-order valence-electron chi connectivity index (χ3n) is 0.802. The second kappa shape index (κ2) is 2.84. The fourth-order valence-electron chi connectivity index (χ4n) is 0.399. The van der Waals surface area contributed by atoms with E-state index in [4.69, 9.17) is 5.11 Å². The van der Waals surface area contributed by atoms with Crippen LogP contribution in [-0.4, -0.2) is 22.7 Å². The summed E-state index contributed by atoms with van der Waals surface area (Å²) in [6.07, 6.45) is 0. The van der Waals surface area contributed by atoms with Gasteiger partial charge in [0.05, 0.1) is 11.7 Å². The molecule has 3 heteroatoms. The lowest BCUT2D eigenvalue weighted by Gasteiger charge is -1.97. The van der Waals surface area contributed by atoms with Crippen LogP contribution in [0.3, 0.4) is 0 Å². The van der Waals surface area contributed by atoms with E-state index >= 15 is 0 Å². The quantitative estimate of drug-likeness (QED) is 0.578. The van der Waals surface area contributed by atoms with E-state index in [9.17, 15) is 0 Å². The monoisotopic (exact) mass is 135 g/mol. The van der Waals surface area contributed by atoms with E-state index in [-0.39, 0.29) is 0 Å². The Morgan fingerprint density at radius 2 is 2.71 bits per heavy atom. The summed E-state index contributed by atoms with van der Waals surface area (Å²) in [6, 6.07) is 0. The summed E-state index contributed by atoms with van der Waals surface area (Å²) in [7, 11) is 0. The normalized spacial score (nSPS) is 31.3. The Balaban J connectivity index is 2.14. The van der Waals surface area contributed by atoms with Gasteiger partial charge in [-0.05, 0) is 0 Å². The molecule has 1 rings (SSSR count). The lowest BCUT2D eigenvalue weighted by molar-refractivity contribution is 0.302. The molecule has 1 fully saturated rings. The van der Waals surface area contributed by atoms with Gasteiger partial charge in [-0.3, -0.25) is 0 Å². The maximum atomic E-state index is 8.51. The Kier molecular flexibility index (Phi) is 2.35. The molecule has 1 unspecified atom stereocenters. The first-order valence-corrected chi connectivity index (χ1v) is 4.12. The van der Waals surface area contributed by atoms with Crippen molar-refractivity contribution in [2.24, 2.45) is 0 Å². The first-order valence-electron chi connectivity index (χ1n) is 2.13. The van der Waals surface area contributed by atoms with E-state index in [2.05, 4.69) is 5.08 Å². The van der Waals surface area contributed by atoms with Crippen LogP contribution >= 0.6 is 23.5 Å². The van der Waals surface area contributed by atoms with Gasteiger partial charge in [-0.15, -0.1) is 23.5 Å². The molecule has 1 heterocycles. The number of rotatable bonds is 1. The fraction of sp³-hybridized carbons (Fsp3) is 0.750. The average Bonchev–Trinajstić information content (AvgIpc) is 2.14. The van der Waals surface area contributed by atoms with E-state index < -0.39 is 0 Å². The molecule has 0 spiro atoms. The van der Waals surface area contributed by atoms with Crippen LogP contribution in [0.1, 0.15) is 0 Å². The van der Waals surface area contributed by atoms with Crippen LogP contribution in [0.15, 0.2) is 0 Å². The van der Waals surface area contributed by atoms with Gasteiger partial charge >= 0.3 is 0 Å². The molecule has 0 amide bonds. The predicted molar refractivity (Wildman–Crippen MR) is 35.2 cm³/mol. The number of aliphatic hydroxyl groups excluding tert-OH is 1. The Labute approximate surface area is 51.9 Å². The van der Waals surface area contributed by atoms with Crippen molar-refractivity contribution in [3.63, 3.8) is 0 Å². The van der Waals surface area contributed by atoms with Crippen LogP contribution in [0.4, 0.5) is 0 Å². The smallest absolute Gasteiger partial charge is 0.0716 e. The summed E-state index contributed by atoms with van der Waals surface area (Å²) in [4.78, 5) is 0. The zero-order valence-electron chi connectivity index (χ0n) is 3.83. The van der Waals surface area contributed by atoms with Crippen molar-refractivity contribution < 1.29 is 5.11 Å². The molecule has 1 nitrogen and oxygen atoms in total. The Bertz CT molecular complexity index is 51.7. The first-order chi connectivity index (χ1) is 3.43. The molecule has 0 aromatic carbocycles. The highest BCUT2D eigenvalue weighted by atomic mass is 32.2. The maximum absolute atomic E-state index is 8.51. The van der Waals surface area contributed by atoms with Crippen molar-refractivity contribution in [1.82, 2.24) is 0 Å². The van der Waals surface area contributed by atoms with Gasteiger partial charge in [-0.1, -0.05) is 0 Å². The van der Waals surface area contributed by atoms with E-state index in [0.29, 0.717) is 11.9 Å². The molecule has 1 atom stereocenters. The molecule has 0 bridgehead atoms. The molecule has 1 saturated heterocycles. The number of hydrogen-bond donors (Lipinski definition) is 1. The molecule has 1 N–H and O–H groups in total. The summed E-state index contributed by atoms with van der Waals surface area (Å²) in [5, 5.41) is 11.1. The van der Waals surface area contributed by atoms with Gasteiger partial charge in [0.1, 0.15) is 0 Å². The molecule has 1 radical (unpaired) electrons. The van der Waals surface area contributed by atoms with Crippen molar-refractivity contribution in [3.05, 3.63) is 5.08 Å². The van der Waals surface area contributed by atoms with Crippen LogP contribution in [0, 0.1) is 5.08 Å². The van der Waals surface area contributed by atoms with Gasteiger partial charge < -0.3 is 5.11 Å². The van der Waals surface area contributed by atoms with Crippen LogP contribution in [0.25, 0.3) is 0 Å². The maximum Gasteiger partial charge on any atom is 0.0716 e. The minimum atomic E-state index is 0.328. The Hall–Kier alpha value is 0.660. The average molecular weight is 135 g/mol. The van der Waals surface area contributed by atoms with Crippen LogP contribution in [0.2, 0.25) is 0 Å². The highest BCUT2D eigenvalue weighted by Gasteiger charge is 2.13. The van der Waals surface area contributed by atoms with Gasteiger partial charge in [0, 0.05) is 11.0 Å². The molecule has 1 aliphatic rings. The molecule has 1 aliphatic heterocycles. The summed E-state index contributed by atoms with van der Waals surface area (Å²) in [6.45, 7) is 0.328. The number of hydrogen-bond acceptors (Lipinski definition) is 3. The molecule has 41 valence electrons. The van der Waals surface area contributed by atoms with Gasteiger partial charge in [0.15, 0.2) is 0 Å². The van der Waals surface area contributed by atoms with Crippen molar-refractivity contribution in [1.29, 1.82) is 0 Å². The summed E-state index contributed by atoms with van der Waals surface area (Å²) in [5.41, 5.74) is 0. The highest BCUT2D eigenvalue weighted by Crippen LogP contribution is 2.33. The fourth-order valence-corrected chi connectivity index (χ4v) is 2.61. The van der Waals surface area contributed by atoms with E-state index in [0.717, 1.165) is 5.75 Å². The minimum Gasteiger partial charge on any atom is -0.395 e. The number of aliphatic hydroxyl groups is 1. The molecule has 0 aliphatic carbocycles. The van der Waals surface area contributed by atoms with E-state index in [1.54, 1.807) is 23.5 Å². The van der Waals surface area contributed by atoms with Crippen molar-refractivity contribution in [2.75, 3.05) is 12.4 Å².